The first-order valence-corrected chi connectivity index (χ1v) is 8.99. The summed E-state index contributed by atoms with van der Waals surface area (Å²) < 4.78 is 0. The maximum Gasteiger partial charge on any atom is -0.0163 e. The number of rotatable bonds is 4. The number of hydrogen-bond acceptors (Lipinski definition) is 0. The predicted molar refractivity (Wildman–Crippen MR) is 93.2 cm³/mol. The lowest BCUT2D eigenvalue weighted by Gasteiger charge is -2.23. The summed E-state index contributed by atoms with van der Waals surface area (Å²) >= 11 is 0. The Kier molecular flexibility index (Phi) is 5.00. The van der Waals surface area contributed by atoms with Gasteiger partial charge in [-0.05, 0) is 74.6 Å². The summed E-state index contributed by atoms with van der Waals surface area (Å²) in [4.78, 5) is 0. The Morgan fingerprint density at radius 2 is 1.45 bits per heavy atom. The van der Waals surface area contributed by atoms with Gasteiger partial charge in [-0.1, -0.05) is 49.7 Å². The minimum atomic E-state index is -0.221. The van der Waals surface area contributed by atoms with Crippen LogP contribution in [0.4, 0.5) is 0 Å². The van der Waals surface area contributed by atoms with Crippen molar-refractivity contribution in [3.63, 3.8) is 0 Å². The molecule has 2 aromatic rings. The summed E-state index contributed by atoms with van der Waals surface area (Å²) in [6.07, 6.45) is 2.52. The van der Waals surface area contributed by atoms with Crippen molar-refractivity contribution in [2.75, 3.05) is 6.16 Å². The maximum atomic E-state index is 2.37. The second kappa shape index (κ2) is 6.55. The normalized spacial score (nSPS) is 12.4. The van der Waals surface area contributed by atoms with E-state index in [1.807, 2.05) is 0 Å². The average Bonchev–Trinajstić information content (AvgIpc) is 2.44. The van der Waals surface area contributed by atoms with E-state index in [2.05, 4.69) is 71.0 Å². The molecule has 0 aliphatic carbocycles. The monoisotopic (exact) mass is 284 g/mol. The zero-order valence-electron chi connectivity index (χ0n) is 13.3. The zero-order valence-corrected chi connectivity index (χ0v) is 14.2. The maximum absolute atomic E-state index is 2.37. The van der Waals surface area contributed by atoms with Gasteiger partial charge in [0.1, 0.15) is 0 Å². The van der Waals surface area contributed by atoms with Gasteiger partial charge in [0.2, 0.25) is 0 Å². The summed E-state index contributed by atoms with van der Waals surface area (Å²) in [6.45, 7) is 11.3. The molecule has 0 aromatic heterocycles. The molecule has 0 aliphatic heterocycles. The molecule has 2 rings (SSSR count). The topological polar surface area (TPSA) is 0 Å². The molecule has 2 aromatic carbocycles. The molecule has 20 heavy (non-hydrogen) atoms. The van der Waals surface area contributed by atoms with Gasteiger partial charge < -0.3 is 0 Å². The molecule has 0 aliphatic rings. The van der Waals surface area contributed by atoms with Crippen LogP contribution in [-0.2, 0) is 0 Å². The fourth-order valence-corrected chi connectivity index (χ4v) is 5.48. The van der Waals surface area contributed by atoms with Gasteiger partial charge in [0, 0.05) is 0 Å². The average molecular weight is 284 g/mol. The van der Waals surface area contributed by atoms with E-state index in [9.17, 15) is 0 Å². The van der Waals surface area contributed by atoms with Crippen molar-refractivity contribution in [3.05, 3.63) is 58.7 Å². The summed E-state index contributed by atoms with van der Waals surface area (Å²) in [5.41, 5.74) is 5.79. The molecule has 0 radical (unpaired) electrons. The second-order valence-electron chi connectivity index (χ2n) is 5.59. The Labute approximate surface area is 125 Å². The van der Waals surface area contributed by atoms with Gasteiger partial charge in [-0.25, -0.2) is 0 Å². The van der Waals surface area contributed by atoms with Crippen LogP contribution in [0.2, 0.25) is 0 Å². The lowest BCUT2D eigenvalue weighted by Crippen LogP contribution is -2.19. The fourth-order valence-electron chi connectivity index (χ4n) is 2.69. The van der Waals surface area contributed by atoms with Gasteiger partial charge in [-0.2, -0.15) is 0 Å². The van der Waals surface area contributed by atoms with Crippen LogP contribution in [0.15, 0.2) is 36.4 Å². The highest BCUT2D eigenvalue weighted by Gasteiger charge is 2.17. The van der Waals surface area contributed by atoms with Crippen LogP contribution in [0, 0.1) is 27.7 Å². The highest BCUT2D eigenvalue weighted by atomic mass is 31.1. The number of aryl methyl sites for hydroxylation is 2. The molecule has 0 spiro atoms. The highest BCUT2D eigenvalue weighted by Crippen LogP contribution is 2.37. The Morgan fingerprint density at radius 3 is 2.10 bits per heavy atom. The Hall–Kier alpha value is -1.13. The largest absolute Gasteiger partial charge is 0.0650 e. The minimum absolute atomic E-state index is 0.221. The van der Waals surface area contributed by atoms with Gasteiger partial charge >= 0.3 is 0 Å². The van der Waals surface area contributed by atoms with Crippen molar-refractivity contribution in [3.8, 4) is 0 Å². The van der Waals surface area contributed by atoms with Gasteiger partial charge in [0.25, 0.3) is 0 Å². The van der Waals surface area contributed by atoms with Gasteiger partial charge in [0.05, 0.1) is 0 Å². The molecule has 1 heteroatoms. The van der Waals surface area contributed by atoms with E-state index in [1.54, 1.807) is 10.6 Å². The summed E-state index contributed by atoms with van der Waals surface area (Å²) in [6, 6.07) is 13.6. The Bertz CT molecular complexity index is 599. The van der Waals surface area contributed by atoms with Crippen molar-refractivity contribution in [2.24, 2.45) is 0 Å². The second-order valence-corrected chi connectivity index (χ2v) is 7.86. The third kappa shape index (κ3) is 2.96. The number of benzene rings is 2. The molecule has 0 heterocycles. The molecular formula is C19H25P. The van der Waals surface area contributed by atoms with Gasteiger partial charge in [0.15, 0.2) is 0 Å². The van der Waals surface area contributed by atoms with E-state index in [1.165, 1.54) is 34.8 Å². The Morgan fingerprint density at radius 1 is 0.750 bits per heavy atom. The number of hydrogen-bond donors (Lipinski definition) is 0. The van der Waals surface area contributed by atoms with Gasteiger partial charge in [-0.3, -0.25) is 0 Å². The van der Waals surface area contributed by atoms with E-state index in [0.29, 0.717) is 0 Å². The van der Waals surface area contributed by atoms with Crippen LogP contribution < -0.4 is 10.6 Å². The Balaban J connectivity index is 2.55. The molecule has 0 bridgehead atoms. The first-order chi connectivity index (χ1) is 9.56. The molecule has 0 nitrogen and oxygen atoms in total. The fraction of sp³-hybridized carbons (Fsp3) is 0.368. The quantitative estimate of drug-likeness (QED) is 0.710. The first kappa shape index (κ1) is 15.3. The molecule has 106 valence electrons. The van der Waals surface area contributed by atoms with Crippen LogP contribution in [-0.4, -0.2) is 6.16 Å². The molecule has 0 saturated heterocycles. The van der Waals surface area contributed by atoms with Gasteiger partial charge in [-0.15, -0.1) is 0 Å². The van der Waals surface area contributed by atoms with Crippen molar-refractivity contribution in [2.45, 2.75) is 41.0 Å². The third-order valence-electron chi connectivity index (χ3n) is 4.17. The van der Waals surface area contributed by atoms with E-state index < -0.39 is 0 Å². The lowest BCUT2D eigenvalue weighted by atomic mass is 10.1. The molecule has 1 unspecified atom stereocenters. The van der Waals surface area contributed by atoms with Crippen LogP contribution >= 0.6 is 7.92 Å². The molecule has 0 N–H and O–H groups in total. The van der Waals surface area contributed by atoms with Crippen molar-refractivity contribution in [1.29, 1.82) is 0 Å². The van der Waals surface area contributed by atoms with Crippen molar-refractivity contribution >= 4 is 18.5 Å². The van der Waals surface area contributed by atoms with Crippen molar-refractivity contribution in [1.82, 2.24) is 0 Å². The van der Waals surface area contributed by atoms with E-state index in [0.717, 1.165) is 0 Å². The van der Waals surface area contributed by atoms with E-state index in [-0.39, 0.29) is 7.92 Å². The van der Waals surface area contributed by atoms with Crippen LogP contribution in [0.5, 0.6) is 0 Å². The standard InChI is InChI=1S/C19H25P/c1-6-13-20(18-10-8-7-9-15(18)3)19-12-11-14(2)16(4)17(19)5/h7-12H,6,13H2,1-5H3. The lowest BCUT2D eigenvalue weighted by molar-refractivity contribution is 1.10. The predicted octanol–water partition coefficient (Wildman–Crippen LogP) is 4.76. The zero-order chi connectivity index (χ0) is 14.7. The highest BCUT2D eigenvalue weighted by molar-refractivity contribution is 7.73. The molecule has 0 amide bonds. The minimum Gasteiger partial charge on any atom is -0.0650 e. The molecule has 1 atom stereocenters. The third-order valence-corrected chi connectivity index (χ3v) is 7.22. The van der Waals surface area contributed by atoms with Crippen LogP contribution in [0.1, 0.15) is 35.6 Å². The molecule has 0 fully saturated rings. The summed E-state index contributed by atoms with van der Waals surface area (Å²) in [5, 5.41) is 3.12. The van der Waals surface area contributed by atoms with E-state index >= 15 is 0 Å². The smallest absolute Gasteiger partial charge is 0.0163 e. The molecular weight excluding hydrogens is 259 g/mol. The SMILES string of the molecule is CCCP(c1ccccc1C)c1ccc(C)c(C)c1C. The summed E-state index contributed by atoms with van der Waals surface area (Å²) in [5.74, 6) is 0. The van der Waals surface area contributed by atoms with Crippen molar-refractivity contribution < 1.29 is 0 Å². The summed E-state index contributed by atoms with van der Waals surface area (Å²) in [7, 11) is -0.221. The molecule has 0 saturated carbocycles. The first-order valence-electron chi connectivity index (χ1n) is 7.46. The van der Waals surface area contributed by atoms with Crippen LogP contribution in [0.3, 0.4) is 0 Å². The van der Waals surface area contributed by atoms with E-state index in [4.69, 9.17) is 0 Å². The van der Waals surface area contributed by atoms with Crippen LogP contribution in [0.25, 0.3) is 0 Å².